The number of aromatic nitrogens is 2. The molecule has 106 valence electrons. The van der Waals surface area contributed by atoms with Crippen LogP contribution in [-0.2, 0) is 6.42 Å². The maximum Gasteiger partial charge on any atom is 0.231 e. The third-order valence-electron chi connectivity index (χ3n) is 3.50. The van der Waals surface area contributed by atoms with Gasteiger partial charge in [-0.2, -0.15) is 4.98 Å². The predicted octanol–water partition coefficient (Wildman–Crippen LogP) is 3.27. The summed E-state index contributed by atoms with van der Waals surface area (Å²) in [7, 11) is 0. The van der Waals surface area contributed by atoms with Crippen LogP contribution >= 0.6 is 11.6 Å². The van der Waals surface area contributed by atoms with E-state index in [9.17, 15) is 4.39 Å². The van der Waals surface area contributed by atoms with Crippen molar-refractivity contribution in [1.29, 1.82) is 0 Å². The average Bonchev–Trinajstić information content (AvgIpc) is 2.93. The molecule has 1 N–H and O–H groups in total. The molecule has 6 heteroatoms. The summed E-state index contributed by atoms with van der Waals surface area (Å²) in [5, 5.41) is 7.71. The van der Waals surface area contributed by atoms with Crippen LogP contribution in [0, 0.1) is 5.82 Å². The Morgan fingerprint density at radius 1 is 1.40 bits per heavy atom. The minimum absolute atomic E-state index is 0.136. The average molecular weight is 296 g/mol. The van der Waals surface area contributed by atoms with E-state index in [1.54, 1.807) is 12.1 Å². The summed E-state index contributed by atoms with van der Waals surface area (Å²) in [6.07, 6.45) is 3.54. The highest BCUT2D eigenvalue weighted by atomic mass is 35.5. The van der Waals surface area contributed by atoms with Crippen LogP contribution in [0.5, 0.6) is 0 Å². The van der Waals surface area contributed by atoms with E-state index in [0.29, 0.717) is 22.3 Å². The Labute approximate surface area is 121 Å². The van der Waals surface area contributed by atoms with Crippen LogP contribution in [0.3, 0.4) is 0 Å². The zero-order chi connectivity index (χ0) is 13.9. The van der Waals surface area contributed by atoms with Crippen LogP contribution in [0.25, 0.3) is 0 Å². The molecule has 1 aromatic carbocycles. The van der Waals surface area contributed by atoms with Crippen molar-refractivity contribution in [2.75, 3.05) is 6.54 Å². The fraction of sp³-hybridized carbons (Fsp3) is 0.429. The van der Waals surface area contributed by atoms with E-state index in [1.807, 2.05) is 0 Å². The Kier molecular flexibility index (Phi) is 3.98. The van der Waals surface area contributed by atoms with Crippen LogP contribution in [0.15, 0.2) is 22.7 Å². The Balaban J connectivity index is 1.77. The van der Waals surface area contributed by atoms with Gasteiger partial charge in [-0.05, 0) is 31.5 Å². The third-order valence-corrected chi connectivity index (χ3v) is 3.85. The van der Waals surface area contributed by atoms with Crippen molar-refractivity contribution in [3.8, 4) is 0 Å². The number of rotatable bonds is 3. The second-order valence-corrected chi connectivity index (χ2v) is 5.33. The smallest absolute Gasteiger partial charge is 0.231 e. The van der Waals surface area contributed by atoms with Crippen molar-refractivity contribution in [2.45, 2.75) is 31.7 Å². The Hall–Kier alpha value is -1.46. The standard InChI is InChI=1S/C14H15ClFN3O/c15-10-4-3-5-11(16)9(10)8-13-18-14(19-20-13)12-6-1-2-7-17-12/h3-5,12,17H,1-2,6-8H2. The predicted molar refractivity (Wildman–Crippen MR) is 73.1 cm³/mol. The summed E-state index contributed by atoms with van der Waals surface area (Å²) in [5.41, 5.74) is 0.390. The monoisotopic (exact) mass is 295 g/mol. The minimum atomic E-state index is -0.354. The molecule has 0 amide bonds. The molecule has 1 saturated heterocycles. The molecule has 20 heavy (non-hydrogen) atoms. The van der Waals surface area contributed by atoms with E-state index in [2.05, 4.69) is 15.5 Å². The molecule has 1 unspecified atom stereocenters. The molecule has 2 heterocycles. The molecule has 0 spiro atoms. The molecule has 0 radical (unpaired) electrons. The van der Waals surface area contributed by atoms with Gasteiger partial charge in [0.05, 0.1) is 12.5 Å². The van der Waals surface area contributed by atoms with Crippen molar-refractivity contribution in [3.63, 3.8) is 0 Å². The number of hydrogen-bond acceptors (Lipinski definition) is 4. The fourth-order valence-corrected chi connectivity index (χ4v) is 2.64. The van der Waals surface area contributed by atoms with Gasteiger partial charge in [-0.1, -0.05) is 29.2 Å². The summed E-state index contributed by atoms with van der Waals surface area (Å²) in [5.74, 6) is 0.680. The van der Waals surface area contributed by atoms with E-state index in [1.165, 1.54) is 12.5 Å². The highest BCUT2D eigenvalue weighted by Crippen LogP contribution is 2.24. The molecule has 0 bridgehead atoms. The molecular weight excluding hydrogens is 281 g/mol. The third kappa shape index (κ3) is 2.83. The first-order valence-electron chi connectivity index (χ1n) is 6.73. The summed E-state index contributed by atoms with van der Waals surface area (Å²) < 4.78 is 18.9. The summed E-state index contributed by atoms with van der Waals surface area (Å²) in [4.78, 5) is 4.35. The van der Waals surface area contributed by atoms with Gasteiger partial charge < -0.3 is 9.84 Å². The summed E-state index contributed by atoms with van der Waals surface area (Å²) in [6, 6.07) is 4.74. The molecule has 4 nitrogen and oxygen atoms in total. The first-order chi connectivity index (χ1) is 9.74. The number of benzene rings is 1. The zero-order valence-corrected chi connectivity index (χ0v) is 11.7. The topological polar surface area (TPSA) is 51.0 Å². The van der Waals surface area contributed by atoms with Gasteiger partial charge in [-0.3, -0.25) is 0 Å². The highest BCUT2D eigenvalue weighted by Gasteiger charge is 2.21. The maximum atomic E-state index is 13.7. The number of hydrogen-bond donors (Lipinski definition) is 1. The molecule has 1 fully saturated rings. The first kappa shape index (κ1) is 13.5. The van der Waals surface area contributed by atoms with Crippen molar-refractivity contribution in [2.24, 2.45) is 0 Å². The number of halogens is 2. The van der Waals surface area contributed by atoms with Gasteiger partial charge in [0.25, 0.3) is 0 Å². The van der Waals surface area contributed by atoms with Crippen molar-refractivity contribution in [1.82, 2.24) is 15.5 Å². The van der Waals surface area contributed by atoms with Crippen molar-refractivity contribution >= 4 is 11.6 Å². The van der Waals surface area contributed by atoms with Crippen LogP contribution in [0.4, 0.5) is 4.39 Å². The van der Waals surface area contributed by atoms with Gasteiger partial charge in [0.15, 0.2) is 5.82 Å². The molecule has 1 aliphatic rings. The normalized spacial score (nSPS) is 19.2. The van der Waals surface area contributed by atoms with Gasteiger partial charge in [-0.15, -0.1) is 0 Å². The van der Waals surface area contributed by atoms with Gasteiger partial charge >= 0.3 is 0 Å². The molecule has 1 aliphatic heterocycles. The van der Waals surface area contributed by atoms with Crippen LogP contribution in [0.1, 0.15) is 42.6 Å². The molecule has 1 aromatic heterocycles. The van der Waals surface area contributed by atoms with E-state index in [-0.39, 0.29) is 18.3 Å². The second kappa shape index (κ2) is 5.89. The molecule has 1 atom stereocenters. The van der Waals surface area contributed by atoms with Crippen molar-refractivity contribution in [3.05, 3.63) is 46.3 Å². The van der Waals surface area contributed by atoms with Crippen LogP contribution in [-0.4, -0.2) is 16.7 Å². The highest BCUT2D eigenvalue weighted by molar-refractivity contribution is 6.31. The molecular formula is C14H15ClFN3O. The van der Waals surface area contributed by atoms with E-state index >= 15 is 0 Å². The van der Waals surface area contributed by atoms with Gasteiger partial charge in [0, 0.05) is 10.6 Å². The number of piperidine rings is 1. The minimum Gasteiger partial charge on any atom is -0.339 e. The van der Waals surface area contributed by atoms with Crippen LogP contribution in [0.2, 0.25) is 5.02 Å². The van der Waals surface area contributed by atoms with Gasteiger partial charge in [-0.25, -0.2) is 4.39 Å². The van der Waals surface area contributed by atoms with E-state index in [0.717, 1.165) is 19.4 Å². The lowest BCUT2D eigenvalue weighted by atomic mass is 10.0. The Morgan fingerprint density at radius 3 is 3.05 bits per heavy atom. The second-order valence-electron chi connectivity index (χ2n) is 4.93. The molecule has 0 aliphatic carbocycles. The SMILES string of the molecule is Fc1cccc(Cl)c1Cc1nc(C2CCCCN2)no1. The maximum absolute atomic E-state index is 13.7. The Morgan fingerprint density at radius 2 is 2.30 bits per heavy atom. The van der Waals surface area contributed by atoms with E-state index in [4.69, 9.17) is 16.1 Å². The lowest BCUT2D eigenvalue weighted by Gasteiger charge is -2.19. The van der Waals surface area contributed by atoms with E-state index < -0.39 is 0 Å². The lowest BCUT2D eigenvalue weighted by Crippen LogP contribution is -2.27. The summed E-state index contributed by atoms with van der Waals surface area (Å²) >= 11 is 5.99. The number of nitrogens with zero attached hydrogens (tertiary/aromatic N) is 2. The Bertz CT molecular complexity index is 576. The number of nitrogens with one attached hydrogen (secondary N) is 1. The largest absolute Gasteiger partial charge is 0.339 e. The lowest BCUT2D eigenvalue weighted by molar-refractivity contribution is 0.351. The summed E-state index contributed by atoms with van der Waals surface area (Å²) in [6.45, 7) is 0.966. The van der Waals surface area contributed by atoms with Crippen molar-refractivity contribution < 1.29 is 8.91 Å². The van der Waals surface area contributed by atoms with Crippen LogP contribution < -0.4 is 5.32 Å². The molecule has 2 aromatic rings. The van der Waals surface area contributed by atoms with Gasteiger partial charge in [0.2, 0.25) is 5.89 Å². The quantitative estimate of drug-likeness (QED) is 0.944. The fourth-order valence-electron chi connectivity index (χ4n) is 2.41. The molecule has 3 rings (SSSR count). The molecule has 0 saturated carbocycles. The van der Waals surface area contributed by atoms with Gasteiger partial charge in [0.1, 0.15) is 5.82 Å². The first-order valence-corrected chi connectivity index (χ1v) is 7.10. The zero-order valence-electron chi connectivity index (χ0n) is 10.9.